The van der Waals surface area contributed by atoms with E-state index >= 15 is 0 Å². The monoisotopic (exact) mass is 924 g/mol. The second kappa shape index (κ2) is 21.6. The molecule has 63 heavy (non-hydrogen) atoms. The van der Waals surface area contributed by atoms with Crippen LogP contribution < -0.4 is 22.1 Å². The first-order chi connectivity index (χ1) is 29.7. The number of methoxy groups -OCH3 is 1. The van der Waals surface area contributed by atoms with Crippen molar-refractivity contribution in [3.05, 3.63) is 30.5 Å². The number of nitrogens with zero attached hydrogens (tertiary/aromatic N) is 4. The van der Waals surface area contributed by atoms with Crippen LogP contribution in [0.3, 0.4) is 0 Å². The van der Waals surface area contributed by atoms with Crippen molar-refractivity contribution in [2.45, 2.75) is 152 Å². The summed E-state index contributed by atoms with van der Waals surface area (Å²) >= 11 is 11.4. The maximum atomic E-state index is 14.4. The summed E-state index contributed by atoms with van der Waals surface area (Å²) in [6, 6.07) is 5.71. The maximum absolute atomic E-state index is 14.4. The molecule has 18 nitrogen and oxygen atoms in total. The highest BCUT2D eigenvalue weighted by molar-refractivity contribution is 6.53. The topological polar surface area (TPSA) is 245 Å². The number of hydrogen-bond donors (Lipinski definition) is 5. The summed E-state index contributed by atoms with van der Waals surface area (Å²) in [6.07, 6.45) is -1.83. The number of halogens is 2. The average molecular weight is 926 g/mol. The first kappa shape index (κ1) is 50.4. The van der Waals surface area contributed by atoms with Crippen LogP contribution in [0.2, 0.25) is 0 Å². The predicted molar refractivity (Wildman–Crippen MR) is 235 cm³/mol. The van der Waals surface area contributed by atoms with E-state index in [0.717, 1.165) is 5.56 Å². The Morgan fingerprint density at radius 1 is 1.14 bits per heavy atom. The van der Waals surface area contributed by atoms with Gasteiger partial charge in [0.15, 0.2) is 22.5 Å². The minimum atomic E-state index is -1.33. The summed E-state index contributed by atoms with van der Waals surface area (Å²) in [5.41, 5.74) is 12.0. The number of anilines is 1. The number of fused-ring (bicyclic) bond motifs is 1. The van der Waals surface area contributed by atoms with E-state index in [2.05, 4.69) is 20.9 Å². The number of esters is 1. The van der Waals surface area contributed by atoms with Gasteiger partial charge in [0.2, 0.25) is 0 Å². The molecule has 3 saturated heterocycles. The first-order valence-electron chi connectivity index (χ1n) is 21.8. The third-order valence-corrected chi connectivity index (χ3v) is 13.2. The number of carbonyl (C=O) groups excluding carboxylic acids is 4. The largest absolute Gasteiger partial charge is 0.458 e. The number of hydrogen-bond acceptors (Lipinski definition) is 15. The van der Waals surface area contributed by atoms with E-state index in [1.807, 2.05) is 58.2 Å². The number of rotatable bonds is 13. The summed E-state index contributed by atoms with van der Waals surface area (Å²) in [5.74, 6) is -4.27. The lowest BCUT2D eigenvalue weighted by Gasteiger charge is -2.45. The van der Waals surface area contributed by atoms with Gasteiger partial charge in [0.05, 0.1) is 30.0 Å². The van der Waals surface area contributed by atoms with Gasteiger partial charge in [-0.1, -0.05) is 61.3 Å². The van der Waals surface area contributed by atoms with Crippen molar-refractivity contribution in [3.63, 3.8) is 0 Å². The highest BCUT2D eigenvalue weighted by atomic mass is 35.5. The number of aromatic nitrogens is 3. The molecule has 2 unspecified atom stereocenters. The molecule has 3 aliphatic heterocycles. The number of carbonyl (C=O) groups is 4. The normalized spacial score (nSPS) is 34.8. The lowest BCUT2D eigenvalue weighted by atomic mass is 9.78. The van der Waals surface area contributed by atoms with Crippen molar-refractivity contribution in [1.29, 1.82) is 0 Å². The summed E-state index contributed by atoms with van der Waals surface area (Å²) < 4.78 is 33.0. The van der Waals surface area contributed by atoms with Gasteiger partial charge in [-0.15, -0.1) is 5.10 Å². The molecule has 5 rings (SSSR count). The van der Waals surface area contributed by atoms with Crippen LogP contribution >= 0.6 is 23.2 Å². The Hall–Kier alpha value is -3.62. The lowest BCUT2D eigenvalue weighted by molar-refractivity contribution is -0.290. The van der Waals surface area contributed by atoms with Gasteiger partial charge >= 0.3 is 12.1 Å². The minimum Gasteiger partial charge on any atom is -0.458 e. The minimum absolute atomic E-state index is 0.0136. The van der Waals surface area contributed by atoms with Gasteiger partial charge in [0.1, 0.15) is 23.8 Å². The summed E-state index contributed by atoms with van der Waals surface area (Å²) in [6.45, 7) is 13.9. The van der Waals surface area contributed by atoms with Crippen molar-refractivity contribution >= 4 is 52.6 Å². The van der Waals surface area contributed by atoms with Crippen LogP contribution in [-0.4, -0.2) is 140 Å². The molecule has 1 aromatic heterocycles. The number of Topliss-reactive ketones (excluding diaryl/α,β-unsaturated/α-hetero) is 1. The van der Waals surface area contributed by atoms with Gasteiger partial charge in [0.25, 0.3) is 5.91 Å². The number of ether oxygens (including phenoxy) is 5. The predicted octanol–water partition coefficient (Wildman–Crippen LogP) is 3.58. The molecule has 0 bridgehead atoms. The van der Waals surface area contributed by atoms with Crippen LogP contribution in [0.4, 0.5) is 10.5 Å². The van der Waals surface area contributed by atoms with E-state index in [1.165, 1.54) is 14.0 Å². The average Bonchev–Trinajstić information content (AvgIpc) is 3.83. The molecule has 2 amide bonds. The number of aryl methyl sites for hydroxylation is 1. The highest BCUT2D eigenvalue weighted by Gasteiger charge is 2.58. The summed E-state index contributed by atoms with van der Waals surface area (Å²) in [5, 5.41) is 26.0. The lowest BCUT2D eigenvalue weighted by Crippen LogP contribution is -2.61. The molecule has 3 aliphatic rings. The van der Waals surface area contributed by atoms with Gasteiger partial charge in [-0.3, -0.25) is 24.0 Å². The van der Waals surface area contributed by atoms with Crippen molar-refractivity contribution < 1.29 is 48.0 Å². The third kappa shape index (κ3) is 11.8. The zero-order valence-corrected chi connectivity index (χ0v) is 39.0. The Bertz CT molecular complexity index is 1890. The van der Waals surface area contributed by atoms with Gasteiger partial charge in [-0.2, -0.15) is 0 Å². The maximum Gasteiger partial charge on any atom is 0.410 e. The first-order valence-corrected chi connectivity index (χ1v) is 22.7. The van der Waals surface area contributed by atoms with E-state index < -0.39 is 94.4 Å². The Morgan fingerprint density at radius 3 is 2.52 bits per heavy atom. The van der Waals surface area contributed by atoms with Crippen LogP contribution in [0, 0.1) is 17.8 Å². The van der Waals surface area contributed by atoms with Crippen molar-refractivity contribution in [1.82, 2.24) is 30.5 Å². The SMILES string of the molecule is CC[C@H]1OC(=O)[C@H](C)C(=O)[C@H](C)[C@@H](O[C@@H]2O[C@H](CNC(=O)C(Cl)Cl)CC(N)C2O)[C@](C)(OC)C[C@@H](C)CN[C@H](C)[C@H]2N(CCCCn3cc(-c4cccc(N)c4)nn3)C(=O)O[C@]12C. The number of benzene rings is 1. The molecule has 1 aromatic carbocycles. The molecular formula is C43H66Cl2N8O10. The molecule has 352 valence electrons. The van der Waals surface area contributed by atoms with E-state index in [0.29, 0.717) is 56.7 Å². The quantitative estimate of drug-likeness (QED) is 0.0634. The van der Waals surface area contributed by atoms with Gasteiger partial charge in [0, 0.05) is 56.0 Å². The number of aliphatic hydroxyl groups excluding tert-OH is 1. The number of amides is 2. The van der Waals surface area contributed by atoms with Crippen molar-refractivity contribution in [2.75, 3.05) is 32.5 Å². The number of ketones is 1. The van der Waals surface area contributed by atoms with Gasteiger partial charge in [-0.05, 0) is 84.4 Å². The molecule has 0 radical (unpaired) electrons. The van der Waals surface area contributed by atoms with Crippen molar-refractivity contribution in [3.8, 4) is 11.3 Å². The van der Waals surface area contributed by atoms with Crippen LogP contribution in [0.1, 0.15) is 80.6 Å². The molecule has 3 fully saturated rings. The number of nitrogens with two attached hydrogens (primary N) is 2. The van der Waals surface area contributed by atoms with Crippen LogP contribution in [-0.2, 0) is 44.6 Å². The standard InChI is InChI=1S/C43H66Cl2N8O10/c1-9-32-43(7)35(53(41(58)63-43)16-11-10-15-52-22-31(50-51-52)27-13-12-14-28(46)17-27)26(5)48-20-23(2)19-42(6,59-8)36(24(3)33(54)25(4)39(57)61-32)62-40-34(55)30(47)18-29(60-40)21-49-38(56)37(44)45/h12-14,17,22-26,29-30,32,34-37,40,48,55H,9-11,15-16,18-21,46-47H2,1-8H3,(H,49,56)/t23-,24+,25-,26-,29+,30?,32-,34?,35-,36-,40+,42-,43-/m1/s1. The van der Waals surface area contributed by atoms with Gasteiger partial charge in [-0.25, -0.2) is 4.79 Å². The summed E-state index contributed by atoms with van der Waals surface area (Å²) in [4.78, 5) is 54.8. The van der Waals surface area contributed by atoms with Crippen LogP contribution in [0.15, 0.2) is 30.5 Å². The molecule has 0 saturated carbocycles. The van der Waals surface area contributed by atoms with Crippen LogP contribution in [0.5, 0.6) is 0 Å². The molecule has 0 spiro atoms. The fourth-order valence-corrected chi connectivity index (χ4v) is 9.46. The summed E-state index contributed by atoms with van der Waals surface area (Å²) in [7, 11) is 1.51. The molecule has 4 heterocycles. The number of aliphatic hydroxyl groups is 1. The fourth-order valence-electron chi connectivity index (χ4n) is 9.30. The molecule has 2 aromatic rings. The second-order valence-electron chi connectivity index (χ2n) is 17.8. The Balaban J connectivity index is 1.36. The third-order valence-electron chi connectivity index (χ3n) is 12.8. The zero-order chi connectivity index (χ0) is 46.4. The Kier molecular flexibility index (Phi) is 17.3. The second-order valence-corrected chi connectivity index (χ2v) is 18.9. The number of nitrogens with one attached hydrogen (secondary N) is 2. The van der Waals surface area contributed by atoms with E-state index in [4.69, 9.17) is 58.4 Å². The molecule has 0 aliphatic carbocycles. The molecular weight excluding hydrogens is 859 g/mol. The van der Waals surface area contributed by atoms with E-state index in [9.17, 15) is 24.3 Å². The molecule has 13 atom stereocenters. The Labute approximate surface area is 379 Å². The number of cyclic esters (lactones) is 1. The zero-order valence-electron chi connectivity index (χ0n) is 37.5. The molecule has 7 N–H and O–H groups in total. The molecule has 20 heteroatoms. The van der Waals surface area contributed by atoms with Crippen LogP contribution in [0.25, 0.3) is 11.3 Å². The fraction of sp³-hybridized carbons (Fsp3) is 0.721. The number of alkyl halides is 2. The van der Waals surface area contributed by atoms with Gasteiger partial charge < -0.3 is 50.9 Å². The number of nitrogen functional groups attached to an aromatic ring is 1. The van der Waals surface area contributed by atoms with E-state index in [1.54, 1.807) is 23.4 Å². The van der Waals surface area contributed by atoms with E-state index in [-0.39, 0.29) is 24.9 Å². The number of unbranched alkanes of at least 4 members (excludes halogenated alkanes) is 1. The Morgan fingerprint density at radius 2 is 1.86 bits per heavy atom. The highest BCUT2D eigenvalue weighted by Crippen LogP contribution is 2.40. The van der Waals surface area contributed by atoms with Crippen molar-refractivity contribution in [2.24, 2.45) is 23.5 Å². The smallest absolute Gasteiger partial charge is 0.410 e.